The van der Waals surface area contributed by atoms with E-state index in [0.717, 1.165) is 45.5 Å². The first-order valence-corrected chi connectivity index (χ1v) is 26.2. The molecule has 3 heterocycles. The average Bonchev–Trinajstić information content (AvgIpc) is 3.80. The van der Waals surface area contributed by atoms with Crippen LogP contribution in [0.3, 0.4) is 0 Å². The number of hydrogen-bond acceptors (Lipinski definition) is 5. The van der Waals surface area contributed by atoms with Gasteiger partial charge in [0.2, 0.25) is 0 Å². The average molecular weight is 959 g/mol. The van der Waals surface area contributed by atoms with Crippen LogP contribution in [0.5, 0.6) is 0 Å². The molecule has 13 rings (SSSR count). The van der Waals surface area contributed by atoms with Gasteiger partial charge in [-0.05, 0) is 168 Å². The van der Waals surface area contributed by atoms with Gasteiger partial charge in [-0.2, -0.15) is 0 Å². The Labute approximate surface area is 433 Å². The van der Waals surface area contributed by atoms with E-state index in [1.165, 1.54) is 98.3 Å². The number of nitrogens with zero attached hydrogens (tertiary/aromatic N) is 4. The topological polar surface area (TPSA) is 13.0 Å². The van der Waals surface area contributed by atoms with Crippen molar-refractivity contribution in [2.24, 2.45) is 0 Å². The minimum Gasteiger partial charge on any atom is -0.311 e. The Hall–Kier alpha value is -8.32. The van der Waals surface area contributed by atoms with Gasteiger partial charge in [0, 0.05) is 66.7 Å². The number of benzene rings is 10. The van der Waals surface area contributed by atoms with Gasteiger partial charge >= 0.3 is 0 Å². The summed E-state index contributed by atoms with van der Waals surface area (Å²) in [4.78, 5) is 10.1. The zero-order valence-corrected chi connectivity index (χ0v) is 43.2. The molecule has 0 saturated heterocycles. The van der Waals surface area contributed by atoms with Crippen molar-refractivity contribution in [3.05, 3.63) is 245 Å². The monoisotopic (exact) mass is 958 g/mol. The van der Waals surface area contributed by atoms with Crippen molar-refractivity contribution in [2.45, 2.75) is 48.5 Å². The molecule has 0 unspecified atom stereocenters. The smallest absolute Gasteiger partial charge is 0.252 e. The summed E-state index contributed by atoms with van der Waals surface area (Å²) in [6.45, 7) is 15.2. The summed E-state index contributed by atoms with van der Waals surface area (Å²) in [5, 5.41) is 2.50. The van der Waals surface area contributed by atoms with Gasteiger partial charge in [-0.25, -0.2) is 0 Å². The number of aryl methyl sites for hydroxylation is 7. The van der Waals surface area contributed by atoms with Crippen LogP contribution in [0, 0.1) is 48.5 Å². The summed E-state index contributed by atoms with van der Waals surface area (Å²) < 4.78 is 2.53. The fraction of sp³-hybridized carbons (Fsp3) is 0.104. The second-order valence-corrected chi connectivity index (χ2v) is 21.4. The quantitative estimate of drug-likeness (QED) is 0.141. The molecule has 2 aliphatic heterocycles. The van der Waals surface area contributed by atoms with Crippen LogP contribution < -0.4 is 36.0 Å². The molecule has 0 saturated carbocycles. The van der Waals surface area contributed by atoms with Crippen LogP contribution in [-0.4, -0.2) is 6.71 Å². The molecule has 0 aliphatic carbocycles. The Bertz CT molecular complexity index is 3830. The Morgan fingerprint density at radius 2 is 0.808 bits per heavy atom. The highest BCUT2D eigenvalue weighted by molar-refractivity contribution is 7.27. The second kappa shape index (κ2) is 17.5. The highest BCUT2D eigenvalue weighted by Gasteiger charge is 2.46. The summed E-state index contributed by atoms with van der Waals surface area (Å²) in [7, 11) is 0. The Kier molecular flexibility index (Phi) is 10.7. The lowest BCUT2D eigenvalue weighted by Crippen LogP contribution is -2.61. The SMILES string of the molecule is Cc1ccc(N(c2ccc(C)cc2)c2cc3c4c(c2)N(c2ccc(C)cc2)c2c(cc(N(c5ccc(C)cc5)c5ccc(C)cc5)c5c2sc2ccccc25)B4c2cc(C)ccc2N3c2ccc(C)cc2)cc1. The van der Waals surface area contributed by atoms with Crippen molar-refractivity contribution < 1.29 is 0 Å². The molecule has 0 atom stereocenters. The molecule has 0 N–H and O–H groups in total. The summed E-state index contributed by atoms with van der Waals surface area (Å²) in [6, 6.07) is 78.1. The summed E-state index contributed by atoms with van der Waals surface area (Å²) in [5.41, 5.74) is 26.2. The lowest BCUT2D eigenvalue weighted by Gasteiger charge is -2.45. The predicted octanol–water partition coefficient (Wildman–Crippen LogP) is 17.2. The molecule has 0 fully saturated rings. The van der Waals surface area contributed by atoms with Crippen LogP contribution in [-0.2, 0) is 0 Å². The van der Waals surface area contributed by atoms with Gasteiger partial charge in [0.25, 0.3) is 6.71 Å². The maximum absolute atomic E-state index is 2.62. The number of thiophene rings is 1. The van der Waals surface area contributed by atoms with Gasteiger partial charge in [0.1, 0.15) is 0 Å². The minimum atomic E-state index is -0.120. The molecule has 0 amide bonds. The van der Waals surface area contributed by atoms with Crippen molar-refractivity contribution >= 4 is 123 Å². The van der Waals surface area contributed by atoms with Crippen molar-refractivity contribution in [2.75, 3.05) is 19.6 Å². The molecule has 352 valence electrons. The lowest BCUT2D eigenvalue weighted by molar-refractivity contribution is 1.22. The van der Waals surface area contributed by atoms with Crippen LogP contribution in [0.15, 0.2) is 206 Å². The zero-order valence-electron chi connectivity index (χ0n) is 42.4. The van der Waals surface area contributed by atoms with Crippen LogP contribution in [0.2, 0.25) is 0 Å². The molecule has 73 heavy (non-hydrogen) atoms. The van der Waals surface area contributed by atoms with E-state index in [1.807, 2.05) is 11.3 Å². The number of hydrogen-bond donors (Lipinski definition) is 0. The molecular weight excluding hydrogens is 904 g/mol. The third kappa shape index (κ3) is 7.51. The first-order valence-electron chi connectivity index (χ1n) is 25.4. The molecule has 2 aliphatic rings. The number of anilines is 12. The fourth-order valence-electron chi connectivity index (χ4n) is 11.3. The van der Waals surface area contributed by atoms with Gasteiger partial charge in [0.15, 0.2) is 0 Å². The molecule has 6 heteroatoms. The lowest BCUT2D eigenvalue weighted by atomic mass is 9.33. The third-order valence-electron chi connectivity index (χ3n) is 15.0. The molecule has 1 aromatic heterocycles. The first-order chi connectivity index (χ1) is 35.6. The number of rotatable bonds is 8. The van der Waals surface area contributed by atoms with Crippen molar-refractivity contribution in [3.8, 4) is 0 Å². The summed E-state index contributed by atoms with van der Waals surface area (Å²) in [6.07, 6.45) is 0. The molecule has 11 aromatic rings. The summed E-state index contributed by atoms with van der Waals surface area (Å²) in [5.74, 6) is 0. The van der Waals surface area contributed by atoms with E-state index in [9.17, 15) is 0 Å². The van der Waals surface area contributed by atoms with Crippen molar-refractivity contribution in [1.82, 2.24) is 0 Å². The van der Waals surface area contributed by atoms with E-state index in [1.54, 1.807) is 0 Å². The Balaban J connectivity index is 1.20. The van der Waals surface area contributed by atoms with Gasteiger partial charge in [-0.15, -0.1) is 11.3 Å². The molecule has 0 radical (unpaired) electrons. The first kappa shape index (κ1) is 44.6. The normalized spacial score (nSPS) is 12.5. The number of fused-ring (bicyclic) bond motifs is 8. The van der Waals surface area contributed by atoms with Gasteiger partial charge < -0.3 is 19.6 Å². The third-order valence-corrected chi connectivity index (χ3v) is 16.2. The van der Waals surface area contributed by atoms with Gasteiger partial charge in [0.05, 0.1) is 21.8 Å². The summed E-state index contributed by atoms with van der Waals surface area (Å²) >= 11 is 1.92. The highest BCUT2D eigenvalue weighted by atomic mass is 32.1. The van der Waals surface area contributed by atoms with Crippen molar-refractivity contribution in [3.63, 3.8) is 0 Å². The fourth-order valence-corrected chi connectivity index (χ4v) is 12.6. The van der Waals surface area contributed by atoms with E-state index < -0.39 is 0 Å². The van der Waals surface area contributed by atoms with E-state index in [0.29, 0.717) is 0 Å². The van der Waals surface area contributed by atoms with Gasteiger partial charge in [-0.3, -0.25) is 0 Å². The molecule has 0 bridgehead atoms. The van der Waals surface area contributed by atoms with E-state index in [2.05, 4.69) is 274 Å². The predicted molar refractivity (Wildman–Crippen MR) is 316 cm³/mol. The highest BCUT2D eigenvalue weighted by Crippen LogP contribution is 2.54. The molecule has 4 nitrogen and oxygen atoms in total. The van der Waals surface area contributed by atoms with Crippen LogP contribution in [0.1, 0.15) is 38.9 Å². The maximum Gasteiger partial charge on any atom is 0.252 e. The van der Waals surface area contributed by atoms with Gasteiger partial charge in [-0.1, -0.05) is 142 Å². The van der Waals surface area contributed by atoms with E-state index in [-0.39, 0.29) is 6.71 Å². The van der Waals surface area contributed by atoms with Crippen LogP contribution in [0.4, 0.5) is 68.2 Å². The van der Waals surface area contributed by atoms with Crippen LogP contribution in [0.25, 0.3) is 20.2 Å². The molecule has 0 spiro atoms. The maximum atomic E-state index is 2.62. The Morgan fingerprint density at radius 1 is 0.370 bits per heavy atom. The van der Waals surface area contributed by atoms with Crippen molar-refractivity contribution in [1.29, 1.82) is 0 Å². The Morgan fingerprint density at radius 3 is 1.33 bits per heavy atom. The van der Waals surface area contributed by atoms with Crippen LogP contribution >= 0.6 is 11.3 Å². The molecular formula is C67H55BN4S. The second-order valence-electron chi connectivity index (χ2n) is 20.4. The zero-order chi connectivity index (χ0) is 49.6. The van der Waals surface area contributed by atoms with E-state index >= 15 is 0 Å². The van der Waals surface area contributed by atoms with E-state index in [4.69, 9.17) is 0 Å². The minimum absolute atomic E-state index is 0.120. The molecule has 10 aromatic carbocycles. The standard InChI is InChI=1S/C67H55BN4S/c1-42-12-25-49(26-13-42)69(50-27-14-43(2)15-28-50)55-39-61-65-62(40-55)72(54-35-22-47(6)23-36-54)66-58(68(65)57-38-48(7)24-37-59(57)71(61)53-33-20-46(5)21-34-53)41-60(64-56-10-8-9-11-63(56)73-67(64)66)70(51-29-16-44(3)17-30-51)52-31-18-45(4)19-32-52/h8-41H,1-7H3. The largest absolute Gasteiger partial charge is 0.311 e.